The maximum absolute atomic E-state index is 4.35. The molecule has 0 saturated carbocycles. The third kappa shape index (κ3) is 2.98. The minimum atomic E-state index is 0.714. The third-order valence-electron chi connectivity index (χ3n) is 2.92. The van der Waals surface area contributed by atoms with Gasteiger partial charge in [-0.1, -0.05) is 0 Å². The summed E-state index contributed by atoms with van der Waals surface area (Å²) >= 11 is 2.07. The molecule has 1 aliphatic heterocycles. The smallest absolute Gasteiger partial charge is 0.0638 e. The minimum absolute atomic E-state index is 0.714. The van der Waals surface area contributed by atoms with Crippen molar-refractivity contribution in [3.63, 3.8) is 0 Å². The largest absolute Gasteiger partial charge is 0.310 e. The van der Waals surface area contributed by atoms with Crippen LogP contribution in [0.4, 0.5) is 0 Å². The van der Waals surface area contributed by atoms with Gasteiger partial charge in [0.15, 0.2) is 0 Å². The van der Waals surface area contributed by atoms with Crippen molar-refractivity contribution in [2.45, 2.75) is 32.4 Å². The highest BCUT2D eigenvalue weighted by molar-refractivity contribution is 7.99. The topological polar surface area (TPSA) is 29.9 Å². The van der Waals surface area contributed by atoms with Crippen LogP contribution in [0.15, 0.2) is 6.20 Å². The van der Waals surface area contributed by atoms with Gasteiger partial charge in [-0.3, -0.25) is 4.68 Å². The Morgan fingerprint density at radius 2 is 2.27 bits per heavy atom. The molecule has 1 fully saturated rings. The molecule has 1 saturated heterocycles. The predicted octanol–water partition coefficient (Wildman–Crippen LogP) is 1.71. The van der Waals surface area contributed by atoms with Gasteiger partial charge in [-0.15, -0.1) is 0 Å². The number of hydrogen-bond donors (Lipinski definition) is 1. The molecule has 2 rings (SSSR count). The van der Waals surface area contributed by atoms with E-state index in [2.05, 4.69) is 35.3 Å². The average molecular weight is 225 g/mol. The number of aryl methyl sites for hydroxylation is 2. The fraction of sp³-hybridized carbons (Fsp3) is 0.727. The minimum Gasteiger partial charge on any atom is -0.310 e. The summed E-state index contributed by atoms with van der Waals surface area (Å²) in [4.78, 5) is 0. The summed E-state index contributed by atoms with van der Waals surface area (Å²) in [6.07, 6.45) is 4.73. The zero-order valence-corrected chi connectivity index (χ0v) is 10.3. The van der Waals surface area contributed by atoms with E-state index in [1.54, 1.807) is 0 Å². The first-order valence-corrected chi connectivity index (χ1v) is 6.71. The second-order valence-corrected chi connectivity index (χ2v) is 5.41. The van der Waals surface area contributed by atoms with Gasteiger partial charge < -0.3 is 5.32 Å². The molecule has 84 valence electrons. The first kappa shape index (κ1) is 11.0. The van der Waals surface area contributed by atoms with Crippen LogP contribution in [-0.2, 0) is 13.6 Å². The molecular weight excluding hydrogens is 206 g/mol. The molecule has 0 aromatic carbocycles. The Bertz CT molecular complexity index is 316. The lowest BCUT2D eigenvalue weighted by Gasteiger charge is -2.22. The van der Waals surface area contributed by atoms with Crippen molar-refractivity contribution in [2.24, 2.45) is 7.05 Å². The molecule has 0 aliphatic carbocycles. The number of rotatable bonds is 3. The molecule has 0 bridgehead atoms. The second kappa shape index (κ2) is 5.03. The molecule has 0 amide bonds. The number of nitrogens with one attached hydrogen (secondary N) is 1. The normalized spacial score (nSPS) is 18.3. The van der Waals surface area contributed by atoms with Crippen LogP contribution in [0.5, 0.6) is 0 Å². The first-order valence-electron chi connectivity index (χ1n) is 5.56. The average Bonchev–Trinajstić information content (AvgIpc) is 2.56. The summed E-state index contributed by atoms with van der Waals surface area (Å²) in [6.45, 7) is 3.04. The molecule has 1 aliphatic rings. The van der Waals surface area contributed by atoms with Crippen molar-refractivity contribution < 1.29 is 0 Å². The lowest BCUT2D eigenvalue weighted by Crippen LogP contribution is -2.32. The Hall–Kier alpha value is -0.480. The van der Waals surface area contributed by atoms with E-state index in [0.29, 0.717) is 6.04 Å². The van der Waals surface area contributed by atoms with Gasteiger partial charge in [-0.2, -0.15) is 16.9 Å². The zero-order chi connectivity index (χ0) is 10.7. The Morgan fingerprint density at radius 1 is 1.53 bits per heavy atom. The van der Waals surface area contributed by atoms with E-state index in [4.69, 9.17) is 0 Å². The van der Waals surface area contributed by atoms with E-state index >= 15 is 0 Å². The van der Waals surface area contributed by atoms with Gasteiger partial charge in [0.2, 0.25) is 0 Å². The lowest BCUT2D eigenvalue weighted by molar-refractivity contribution is 0.481. The van der Waals surface area contributed by atoms with Crippen molar-refractivity contribution in [1.82, 2.24) is 15.1 Å². The maximum Gasteiger partial charge on any atom is 0.0638 e. The highest BCUT2D eigenvalue weighted by atomic mass is 32.2. The SMILES string of the molecule is Cc1nn(C)cc1CNC1CCSCC1. The number of aromatic nitrogens is 2. The van der Waals surface area contributed by atoms with Gasteiger partial charge in [-0.05, 0) is 31.3 Å². The zero-order valence-electron chi connectivity index (χ0n) is 9.49. The van der Waals surface area contributed by atoms with Gasteiger partial charge in [-0.25, -0.2) is 0 Å². The molecule has 3 nitrogen and oxygen atoms in total. The van der Waals surface area contributed by atoms with Gasteiger partial charge in [0.25, 0.3) is 0 Å². The van der Waals surface area contributed by atoms with Gasteiger partial charge in [0, 0.05) is 31.4 Å². The van der Waals surface area contributed by atoms with E-state index in [0.717, 1.165) is 12.2 Å². The summed E-state index contributed by atoms with van der Waals surface area (Å²) in [7, 11) is 1.98. The lowest BCUT2D eigenvalue weighted by atomic mass is 10.1. The second-order valence-electron chi connectivity index (χ2n) is 4.18. The molecule has 1 N–H and O–H groups in total. The monoisotopic (exact) mass is 225 g/mol. The van der Waals surface area contributed by atoms with Gasteiger partial charge in [0.1, 0.15) is 0 Å². The predicted molar refractivity (Wildman–Crippen MR) is 65.1 cm³/mol. The molecule has 1 aromatic heterocycles. The van der Waals surface area contributed by atoms with Crippen LogP contribution < -0.4 is 5.32 Å². The van der Waals surface area contributed by atoms with Crippen molar-refractivity contribution >= 4 is 11.8 Å². The molecule has 0 spiro atoms. The molecule has 0 unspecified atom stereocenters. The fourth-order valence-electron chi connectivity index (χ4n) is 1.98. The van der Waals surface area contributed by atoms with Crippen LogP contribution in [-0.4, -0.2) is 27.3 Å². The number of thioether (sulfide) groups is 1. The van der Waals surface area contributed by atoms with E-state index in [1.165, 1.54) is 29.9 Å². The Labute approximate surface area is 95.6 Å². The van der Waals surface area contributed by atoms with E-state index in [1.807, 2.05) is 11.7 Å². The van der Waals surface area contributed by atoms with Crippen LogP contribution in [0.2, 0.25) is 0 Å². The van der Waals surface area contributed by atoms with E-state index < -0.39 is 0 Å². The van der Waals surface area contributed by atoms with Gasteiger partial charge in [0.05, 0.1) is 5.69 Å². The Balaban J connectivity index is 1.84. The van der Waals surface area contributed by atoms with E-state index in [-0.39, 0.29) is 0 Å². The summed E-state index contributed by atoms with van der Waals surface area (Å²) in [5.74, 6) is 2.62. The van der Waals surface area contributed by atoms with Crippen molar-refractivity contribution in [2.75, 3.05) is 11.5 Å². The molecule has 4 heteroatoms. The fourth-order valence-corrected chi connectivity index (χ4v) is 3.08. The summed E-state index contributed by atoms with van der Waals surface area (Å²) in [5.41, 5.74) is 2.48. The molecule has 2 heterocycles. The maximum atomic E-state index is 4.35. The molecule has 1 aromatic rings. The van der Waals surface area contributed by atoms with Crippen LogP contribution in [0.3, 0.4) is 0 Å². The number of nitrogens with zero attached hydrogens (tertiary/aromatic N) is 2. The van der Waals surface area contributed by atoms with Crippen molar-refractivity contribution in [1.29, 1.82) is 0 Å². The van der Waals surface area contributed by atoms with Crippen molar-refractivity contribution in [3.05, 3.63) is 17.5 Å². The highest BCUT2D eigenvalue weighted by Gasteiger charge is 2.13. The number of hydrogen-bond acceptors (Lipinski definition) is 3. The Morgan fingerprint density at radius 3 is 2.87 bits per heavy atom. The standard InChI is InChI=1S/C11H19N3S/c1-9-10(8-14(2)13-9)7-12-11-3-5-15-6-4-11/h8,11-12H,3-7H2,1-2H3. The molecular formula is C11H19N3S. The van der Waals surface area contributed by atoms with E-state index in [9.17, 15) is 0 Å². The molecule has 15 heavy (non-hydrogen) atoms. The van der Waals surface area contributed by atoms with Crippen molar-refractivity contribution in [3.8, 4) is 0 Å². The van der Waals surface area contributed by atoms with Gasteiger partial charge >= 0.3 is 0 Å². The quantitative estimate of drug-likeness (QED) is 0.849. The van der Waals surface area contributed by atoms with Crippen LogP contribution in [0.1, 0.15) is 24.1 Å². The van der Waals surface area contributed by atoms with Crippen LogP contribution in [0, 0.1) is 6.92 Å². The molecule has 0 atom stereocenters. The van der Waals surface area contributed by atoms with Crippen LogP contribution in [0.25, 0.3) is 0 Å². The highest BCUT2D eigenvalue weighted by Crippen LogP contribution is 2.17. The summed E-state index contributed by atoms with van der Waals surface area (Å²) < 4.78 is 1.89. The third-order valence-corrected chi connectivity index (χ3v) is 3.97. The summed E-state index contributed by atoms with van der Waals surface area (Å²) in [6, 6.07) is 0.714. The summed E-state index contributed by atoms with van der Waals surface area (Å²) in [5, 5.41) is 7.97. The molecule has 0 radical (unpaired) electrons. The van der Waals surface area contributed by atoms with Crippen LogP contribution >= 0.6 is 11.8 Å². The Kier molecular flexibility index (Phi) is 3.70. The first-order chi connectivity index (χ1) is 7.25.